The zero-order chi connectivity index (χ0) is 71.2. The topological polar surface area (TPSA) is 339 Å². The maximum absolute atomic E-state index is 15.7. The number of carbonyl (C=O) groups is 8. The summed E-state index contributed by atoms with van der Waals surface area (Å²) < 4.78 is 72.1. The van der Waals surface area contributed by atoms with Crippen molar-refractivity contribution >= 4 is 64.1 Å². The van der Waals surface area contributed by atoms with Crippen LogP contribution in [-0.4, -0.2) is 204 Å². The van der Waals surface area contributed by atoms with Crippen LogP contribution in [0.25, 0.3) is 22.3 Å². The molecular weight excluding hydrogens is 1290 g/mol. The highest BCUT2D eigenvalue weighted by atomic mass is 19.1. The van der Waals surface area contributed by atoms with Gasteiger partial charge in [-0.05, 0) is 97.9 Å². The van der Waals surface area contributed by atoms with Gasteiger partial charge in [0.25, 0.3) is 17.4 Å². The van der Waals surface area contributed by atoms with Crippen LogP contribution in [0.3, 0.4) is 0 Å². The lowest BCUT2D eigenvalue weighted by Gasteiger charge is -2.31. The number of esters is 1. The number of hydrogen-bond acceptors (Lipinski definition) is 21. The zero-order valence-electron chi connectivity index (χ0n) is 57.5. The van der Waals surface area contributed by atoms with Crippen molar-refractivity contribution in [3.8, 4) is 11.4 Å². The number of anilines is 1. The molecule has 0 fully saturated rings. The van der Waals surface area contributed by atoms with E-state index in [0.29, 0.717) is 167 Å². The highest BCUT2D eigenvalue weighted by Crippen LogP contribution is 2.46. The van der Waals surface area contributed by atoms with Crippen molar-refractivity contribution in [1.29, 1.82) is 0 Å². The second kappa shape index (κ2) is 37.3. The van der Waals surface area contributed by atoms with Crippen LogP contribution in [0.1, 0.15) is 123 Å². The number of unbranched alkanes of at least 4 members (excludes halogenated alkanes) is 2. The Morgan fingerprint density at radius 1 is 0.758 bits per heavy atom. The van der Waals surface area contributed by atoms with Gasteiger partial charge < -0.3 is 83.2 Å². The number of benzene rings is 2. The lowest BCUT2D eigenvalue weighted by molar-refractivity contribution is -0.172. The third kappa shape index (κ3) is 20.3. The summed E-state index contributed by atoms with van der Waals surface area (Å²) in [6, 6.07) is 4.94. The summed E-state index contributed by atoms with van der Waals surface area (Å²) in [5.74, 6) is -4.31. The molecule has 4 atom stereocenters. The molecule has 0 unspecified atom stereocenters. The fourth-order valence-electron chi connectivity index (χ4n) is 12.1. The molecule has 0 bridgehead atoms. The van der Waals surface area contributed by atoms with Crippen molar-refractivity contribution in [3.05, 3.63) is 103 Å². The number of imide groups is 1. The molecule has 0 saturated heterocycles. The van der Waals surface area contributed by atoms with E-state index in [-0.39, 0.29) is 118 Å². The van der Waals surface area contributed by atoms with Gasteiger partial charge in [0.1, 0.15) is 31.1 Å². The molecule has 5 heterocycles. The fourth-order valence-corrected chi connectivity index (χ4v) is 12.1. The minimum Gasteiger partial charge on any atom is -0.458 e. The first kappa shape index (κ1) is 76.6. The first-order valence-electron chi connectivity index (χ1n) is 33.7. The van der Waals surface area contributed by atoms with Crippen molar-refractivity contribution in [2.24, 2.45) is 5.92 Å². The number of methoxy groups -OCH3 is 1. The number of rotatable bonds is 42. The third-order valence-corrected chi connectivity index (χ3v) is 17.7. The molecule has 0 radical (unpaired) electrons. The van der Waals surface area contributed by atoms with Crippen molar-refractivity contribution in [2.45, 2.75) is 136 Å². The average Bonchev–Trinajstić information content (AvgIpc) is 1.62. The SMILES string of the molecule is CC[C@@]1(O)C(=O)OCc2c1cc1n(c2=O)Cc2c-1nc1cc(F)c(C)c3c1c2[C@@H](NC(=O)OCc1ccc(NC(=O)[C@H](C)NC(=O)[C@@H](NC(=O)CCCCCN2C(=O)C=CC2=O)C(C)C)cc1CN(C)C(=O)CCOCCOCCOCCOCCOCCOCCOCCOC)CC3. The maximum atomic E-state index is 15.7. The van der Waals surface area contributed by atoms with E-state index in [4.69, 9.17) is 52.4 Å². The van der Waals surface area contributed by atoms with Crippen LogP contribution >= 0.6 is 0 Å². The Bertz CT molecular complexity index is 3620. The molecule has 0 spiro atoms. The summed E-state index contributed by atoms with van der Waals surface area (Å²) in [6.07, 6.45) is 3.85. The summed E-state index contributed by atoms with van der Waals surface area (Å²) in [4.78, 5) is 127. The number of aryl methyl sites for hydroxylation is 1. The summed E-state index contributed by atoms with van der Waals surface area (Å²) in [6.45, 7) is 13.7. The molecule has 28 nitrogen and oxygen atoms in total. The second-order valence-corrected chi connectivity index (χ2v) is 24.9. The molecule has 4 aromatic rings. The van der Waals surface area contributed by atoms with Crippen LogP contribution in [0.15, 0.2) is 47.3 Å². The standard InChI is InChI=1S/C70H93FN8O20/c1-8-70(89)52-37-56-64-50(40-79(56)67(86)51(52)42-98-68(70)87)62-54(16-15-49-44(4)53(71)38-55(74-64)61(49)62)75-69(88)99-41-46-13-14-48(73-65(84)45(5)72-66(85)63(43(2)3)76-57(80)12-10-9-11-20-78-59(82)17-18-60(78)83)36-47(46)39-77(6)58(81)19-21-91-24-25-93-28-29-95-32-33-97-35-34-96-31-30-94-27-26-92-23-22-90-7/h13-14,17-18,36-38,43,45,54,63,89H,8-12,15-16,19-35,39-42H2,1-7H3,(H,72,85)(H,73,84)(H,75,88)(H,76,80)/t45-,54-,63-,70-/m0/s1. The molecule has 8 rings (SSSR count). The molecule has 1 aliphatic carbocycles. The van der Waals surface area contributed by atoms with Gasteiger partial charge in [-0.15, -0.1) is 0 Å². The highest BCUT2D eigenvalue weighted by Gasteiger charge is 2.46. The van der Waals surface area contributed by atoms with Gasteiger partial charge in [0.2, 0.25) is 23.6 Å². The molecule has 3 aliphatic heterocycles. The van der Waals surface area contributed by atoms with Gasteiger partial charge in [0, 0.05) is 74.1 Å². The van der Waals surface area contributed by atoms with E-state index in [1.165, 1.54) is 34.6 Å². The van der Waals surface area contributed by atoms with Crippen LogP contribution in [0.4, 0.5) is 14.9 Å². The van der Waals surface area contributed by atoms with Crippen LogP contribution in [0.2, 0.25) is 0 Å². The van der Waals surface area contributed by atoms with Crippen LogP contribution < -0.4 is 26.8 Å². The predicted molar refractivity (Wildman–Crippen MR) is 356 cm³/mol. The maximum Gasteiger partial charge on any atom is 0.407 e. The quantitative estimate of drug-likeness (QED) is 0.0202. The van der Waals surface area contributed by atoms with Crippen LogP contribution in [0, 0.1) is 18.7 Å². The average molecular weight is 1390 g/mol. The van der Waals surface area contributed by atoms with E-state index in [0.717, 1.165) is 4.90 Å². The monoisotopic (exact) mass is 1380 g/mol. The molecule has 2 aromatic carbocycles. The normalized spacial score (nSPS) is 16.5. The predicted octanol–water partition coefficient (Wildman–Crippen LogP) is 4.62. The van der Waals surface area contributed by atoms with E-state index in [1.54, 1.807) is 66.1 Å². The van der Waals surface area contributed by atoms with Crippen molar-refractivity contribution in [1.82, 2.24) is 35.3 Å². The Labute approximate surface area is 574 Å². The number of ether oxygens (including phenoxy) is 10. The Morgan fingerprint density at radius 3 is 1.98 bits per heavy atom. The van der Waals surface area contributed by atoms with Crippen molar-refractivity contribution < 1.29 is 95.2 Å². The molecule has 5 N–H and O–H groups in total. The number of pyridine rings is 2. The van der Waals surface area contributed by atoms with Crippen LogP contribution in [-0.2, 0) is 119 Å². The highest BCUT2D eigenvalue weighted by molar-refractivity contribution is 6.12. The second-order valence-electron chi connectivity index (χ2n) is 24.9. The summed E-state index contributed by atoms with van der Waals surface area (Å²) >= 11 is 0. The third-order valence-electron chi connectivity index (χ3n) is 17.7. The molecule has 99 heavy (non-hydrogen) atoms. The molecule has 540 valence electrons. The van der Waals surface area contributed by atoms with Crippen molar-refractivity contribution in [2.75, 3.05) is 125 Å². The Morgan fingerprint density at radius 2 is 1.37 bits per heavy atom. The van der Waals surface area contributed by atoms with Gasteiger partial charge in [-0.2, -0.15) is 0 Å². The number of amides is 7. The largest absolute Gasteiger partial charge is 0.458 e. The smallest absolute Gasteiger partial charge is 0.407 e. The van der Waals surface area contributed by atoms with Gasteiger partial charge in [-0.25, -0.2) is 19.0 Å². The van der Waals surface area contributed by atoms with Crippen molar-refractivity contribution in [3.63, 3.8) is 0 Å². The number of cyclic esters (lactones) is 1. The summed E-state index contributed by atoms with van der Waals surface area (Å²) in [7, 11) is 3.21. The molecule has 0 saturated carbocycles. The zero-order valence-corrected chi connectivity index (χ0v) is 57.5. The first-order chi connectivity index (χ1) is 47.6. The number of hydrogen-bond donors (Lipinski definition) is 5. The number of nitrogens with one attached hydrogen (secondary N) is 4. The number of aliphatic hydroxyl groups is 1. The van der Waals surface area contributed by atoms with E-state index < -0.39 is 59.0 Å². The Hall–Kier alpha value is -8.13. The molecular formula is C70H93FN8O20. The van der Waals surface area contributed by atoms with Gasteiger partial charge in [0.05, 0.1) is 141 Å². The number of alkyl carbamates (subject to hydrolysis) is 1. The Balaban J connectivity index is 0.863. The number of aromatic nitrogens is 2. The lowest BCUT2D eigenvalue weighted by Crippen LogP contribution is -2.53. The number of nitrogens with zero attached hydrogens (tertiary/aromatic N) is 4. The van der Waals surface area contributed by atoms with Gasteiger partial charge in [0.15, 0.2) is 5.60 Å². The lowest BCUT2D eigenvalue weighted by atomic mass is 9.81. The first-order valence-corrected chi connectivity index (χ1v) is 33.7. The van der Waals surface area contributed by atoms with Gasteiger partial charge >= 0.3 is 12.1 Å². The van der Waals surface area contributed by atoms with Gasteiger partial charge in [-0.3, -0.25) is 38.5 Å². The van der Waals surface area contributed by atoms with E-state index >= 15 is 4.39 Å². The summed E-state index contributed by atoms with van der Waals surface area (Å²) in [5, 5.41) is 23.5. The molecule has 7 amide bonds. The van der Waals surface area contributed by atoms with E-state index in [2.05, 4.69) is 21.3 Å². The number of carbonyl (C=O) groups excluding carboxylic acids is 8. The van der Waals surface area contributed by atoms with Gasteiger partial charge in [-0.1, -0.05) is 33.3 Å². The fraction of sp³-hybridized carbons (Fsp3) is 0.571. The minimum atomic E-state index is -2.08. The molecule has 4 aliphatic rings. The summed E-state index contributed by atoms with van der Waals surface area (Å²) in [5.41, 5.74) is 2.20. The van der Waals surface area contributed by atoms with E-state index in [1.807, 2.05) is 0 Å². The van der Waals surface area contributed by atoms with E-state index in [9.17, 15) is 48.3 Å². The molecule has 29 heteroatoms. The number of fused-ring (bicyclic) bond motifs is 5. The Kier molecular flexibility index (Phi) is 28.9. The molecule has 2 aromatic heterocycles. The number of halogens is 1. The van der Waals surface area contributed by atoms with Crippen LogP contribution in [0.5, 0.6) is 0 Å². The minimum absolute atomic E-state index is 0.00625.